The molecule has 2 heterocycles. The summed E-state index contributed by atoms with van der Waals surface area (Å²) < 4.78 is 25.9. The van der Waals surface area contributed by atoms with Gasteiger partial charge in [0.25, 0.3) is 0 Å². The molecule has 0 aliphatic rings. The van der Waals surface area contributed by atoms with Gasteiger partial charge in [-0.05, 0) is 45.9 Å². The van der Waals surface area contributed by atoms with Crippen molar-refractivity contribution in [3.8, 4) is 33.6 Å². The van der Waals surface area contributed by atoms with E-state index in [2.05, 4.69) is 61.0 Å². The Morgan fingerprint density at radius 2 is 1.48 bits per heavy atom. The van der Waals surface area contributed by atoms with Gasteiger partial charge in [0.15, 0.2) is 0 Å². The van der Waals surface area contributed by atoms with Crippen LogP contribution in [0.15, 0.2) is 134 Å². The minimum Gasteiger partial charge on any atom is -0.305 e. The van der Waals surface area contributed by atoms with Crippen molar-refractivity contribution in [2.24, 2.45) is 5.41 Å². The molecular formula is C44H46IrN2Si-2. The maximum Gasteiger partial charge on any atom is 0.0795 e. The van der Waals surface area contributed by atoms with Gasteiger partial charge in [-0.25, -0.2) is 0 Å². The number of hydrogen-bond donors (Lipinski definition) is 0. The van der Waals surface area contributed by atoms with Crippen LogP contribution >= 0.6 is 0 Å². The molecule has 2 nitrogen and oxygen atoms in total. The zero-order valence-electron chi connectivity index (χ0n) is 31.9. The second-order valence-corrected chi connectivity index (χ2v) is 18.9. The molecule has 1 atom stereocenters. The molecule has 0 bridgehead atoms. The predicted molar refractivity (Wildman–Crippen MR) is 203 cm³/mol. The van der Waals surface area contributed by atoms with Gasteiger partial charge in [-0.1, -0.05) is 143 Å². The van der Waals surface area contributed by atoms with E-state index in [1.165, 1.54) is 5.19 Å². The SMILES string of the molecule is [2H]C(C)(c1ccccc1)c1ccc[c-]c1-c1ccc([Si](C)(C)C)cn1.[2H]C([2H])(c1ccnc(-c2[c-]cc(-c3ccccc3)cc2)c1)C(C)(C)C.[Ir]. The zero-order chi connectivity index (χ0) is 36.2. The molecule has 0 fully saturated rings. The predicted octanol–water partition coefficient (Wildman–Crippen LogP) is 11.0. The fourth-order valence-corrected chi connectivity index (χ4v) is 6.31. The van der Waals surface area contributed by atoms with Gasteiger partial charge < -0.3 is 9.97 Å². The van der Waals surface area contributed by atoms with Crippen LogP contribution in [0.1, 0.15) is 54.4 Å². The summed E-state index contributed by atoms with van der Waals surface area (Å²) in [5.74, 6) is -0.854. The quantitative estimate of drug-likeness (QED) is 0.118. The minimum atomic E-state index is -1.44. The summed E-state index contributed by atoms with van der Waals surface area (Å²) in [6, 6.07) is 46.4. The molecule has 6 aromatic rings. The van der Waals surface area contributed by atoms with E-state index in [4.69, 9.17) is 9.10 Å². The van der Waals surface area contributed by atoms with Gasteiger partial charge in [-0.15, -0.1) is 65.2 Å². The van der Waals surface area contributed by atoms with E-state index in [9.17, 15) is 0 Å². The van der Waals surface area contributed by atoms with Gasteiger partial charge in [-0.3, -0.25) is 0 Å². The fourth-order valence-electron chi connectivity index (χ4n) is 5.27. The number of nitrogens with zero attached hydrogens (tertiary/aromatic N) is 2. The molecule has 0 aliphatic carbocycles. The van der Waals surface area contributed by atoms with E-state index in [1.54, 1.807) is 12.3 Å². The Morgan fingerprint density at radius 1 is 0.771 bits per heavy atom. The van der Waals surface area contributed by atoms with E-state index in [0.29, 0.717) is 5.56 Å². The smallest absolute Gasteiger partial charge is 0.0795 e. The van der Waals surface area contributed by atoms with Gasteiger partial charge in [0.2, 0.25) is 0 Å². The Morgan fingerprint density at radius 3 is 2.08 bits per heavy atom. The Bertz CT molecular complexity index is 2000. The molecule has 247 valence electrons. The van der Waals surface area contributed by atoms with Crippen molar-refractivity contribution in [2.75, 3.05) is 0 Å². The summed E-state index contributed by atoms with van der Waals surface area (Å²) in [6.07, 6.45) is 2.23. The van der Waals surface area contributed by atoms with Crippen LogP contribution in [-0.2, 0) is 26.5 Å². The van der Waals surface area contributed by atoms with Crippen LogP contribution < -0.4 is 5.19 Å². The third-order valence-electron chi connectivity index (χ3n) is 7.83. The van der Waals surface area contributed by atoms with Gasteiger partial charge >= 0.3 is 0 Å². The van der Waals surface area contributed by atoms with Crippen molar-refractivity contribution in [3.05, 3.63) is 163 Å². The van der Waals surface area contributed by atoms with E-state index < -0.39 is 25.8 Å². The van der Waals surface area contributed by atoms with Crippen LogP contribution in [0.3, 0.4) is 0 Å². The Labute approximate surface area is 307 Å². The van der Waals surface area contributed by atoms with E-state index in [0.717, 1.165) is 44.8 Å². The summed E-state index contributed by atoms with van der Waals surface area (Å²) in [5, 5.41) is 1.34. The topological polar surface area (TPSA) is 25.8 Å². The molecule has 0 aliphatic heterocycles. The number of hydrogen-bond acceptors (Lipinski definition) is 2. The first kappa shape index (κ1) is 32.6. The number of pyridine rings is 2. The second kappa shape index (κ2) is 16.4. The molecule has 6 rings (SSSR count). The van der Waals surface area contributed by atoms with Crippen molar-refractivity contribution in [1.82, 2.24) is 9.97 Å². The maximum atomic E-state index is 9.00. The first-order valence-corrected chi connectivity index (χ1v) is 19.7. The number of aromatic nitrogens is 2. The largest absolute Gasteiger partial charge is 0.305 e. The number of rotatable bonds is 7. The Hall–Kier alpha value is -3.95. The summed E-state index contributed by atoms with van der Waals surface area (Å²) in [5.41, 5.74) is 7.69. The molecule has 48 heavy (non-hydrogen) atoms. The van der Waals surface area contributed by atoms with E-state index >= 15 is 0 Å². The summed E-state index contributed by atoms with van der Waals surface area (Å²) >= 11 is 0. The minimum absolute atomic E-state index is 0. The first-order chi connectivity index (χ1) is 23.6. The van der Waals surface area contributed by atoms with Crippen LogP contribution in [0.4, 0.5) is 0 Å². The van der Waals surface area contributed by atoms with Crippen molar-refractivity contribution in [3.63, 3.8) is 0 Å². The molecule has 1 unspecified atom stereocenters. The van der Waals surface area contributed by atoms with Crippen LogP contribution in [0.5, 0.6) is 0 Å². The third kappa shape index (κ3) is 10.0. The molecule has 4 aromatic carbocycles. The second-order valence-electron chi connectivity index (χ2n) is 13.8. The Balaban J connectivity index is 0.000000224. The van der Waals surface area contributed by atoms with Gasteiger partial charge in [0.1, 0.15) is 0 Å². The van der Waals surface area contributed by atoms with E-state index in [-0.39, 0.29) is 20.1 Å². The number of benzene rings is 4. The molecule has 0 N–H and O–H groups in total. The van der Waals surface area contributed by atoms with Crippen LogP contribution in [0.2, 0.25) is 19.6 Å². The summed E-state index contributed by atoms with van der Waals surface area (Å²) in [7, 11) is -1.37. The molecule has 0 spiro atoms. The molecular weight excluding hydrogens is 777 g/mol. The molecule has 0 saturated heterocycles. The average Bonchev–Trinajstić information content (AvgIpc) is 3.12. The fraction of sp³-hybridized carbons (Fsp3) is 0.227. The molecule has 0 saturated carbocycles. The van der Waals surface area contributed by atoms with Crippen molar-refractivity contribution >= 4 is 13.3 Å². The monoisotopic (exact) mass is 826 g/mol. The van der Waals surface area contributed by atoms with Crippen molar-refractivity contribution in [2.45, 2.75) is 59.6 Å². The maximum absolute atomic E-state index is 9.00. The molecule has 2 aromatic heterocycles. The van der Waals surface area contributed by atoms with Crippen LogP contribution in [0.25, 0.3) is 33.6 Å². The molecule has 0 amide bonds. The average molecular weight is 826 g/mol. The summed E-state index contributed by atoms with van der Waals surface area (Å²) in [4.78, 5) is 9.11. The molecule has 1 radical (unpaired) electrons. The Kier molecular flexibility index (Phi) is 11.2. The first-order valence-electron chi connectivity index (χ1n) is 17.7. The van der Waals surface area contributed by atoms with Crippen LogP contribution in [-0.4, -0.2) is 18.0 Å². The van der Waals surface area contributed by atoms with Gasteiger partial charge in [-0.2, -0.15) is 0 Å². The zero-order valence-corrected chi connectivity index (χ0v) is 32.3. The molecule has 4 heteroatoms. The normalized spacial score (nSPS) is 13.8. The van der Waals surface area contributed by atoms with Gasteiger partial charge in [0, 0.05) is 36.6 Å². The third-order valence-corrected chi connectivity index (χ3v) is 9.86. The van der Waals surface area contributed by atoms with Gasteiger partial charge in [0.05, 0.1) is 8.07 Å². The van der Waals surface area contributed by atoms with Crippen molar-refractivity contribution < 1.29 is 24.2 Å². The van der Waals surface area contributed by atoms with Crippen LogP contribution in [0, 0.1) is 17.5 Å². The van der Waals surface area contributed by atoms with Crippen molar-refractivity contribution in [1.29, 1.82) is 0 Å². The standard InChI is InChI=1S/C22H24NSi.C22H22N.Ir/c1-17(18-10-6-5-7-11-18)20-12-8-9-13-21(20)22-15-14-19(16-23-22)24(2,3)4;1-22(2,3)16-17-13-14-23-21(15-17)20-11-9-19(10-12-20)18-7-5-4-6-8-18;/h5-12,14-17H,1-4H3;4-11,13-15H,16H2,1-3H3;/q2*-1;/i17D;16D2;. The van der Waals surface area contributed by atoms with E-state index in [1.807, 2.05) is 125 Å². The summed E-state index contributed by atoms with van der Waals surface area (Å²) in [6.45, 7) is 14.6.